The molecule has 1 aromatic rings. The maximum Gasteiger partial charge on any atom is 0.253 e. The van der Waals surface area contributed by atoms with Crippen molar-refractivity contribution in [2.75, 3.05) is 25.0 Å². The highest BCUT2D eigenvalue weighted by Gasteiger charge is 2.24. The van der Waals surface area contributed by atoms with Gasteiger partial charge in [-0.25, -0.2) is 0 Å². The van der Waals surface area contributed by atoms with Gasteiger partial charge in [-0.15, -0.1) is 0 Å². The number of amides is 2. The van der Waals surface area contributed by atoms with E-state index in [1.165, 1.54) is 17.4 Å². The standard InChI is InChI=1S/C19H23N3O2/c1-3-18(23)21(2)17-10-8-16(9-11-17)19(24)22(13-5-12-20)14-15-6-4-7-15/h3,8-11,15H,1,4-7,13-14H2,2H3. The van der Waals surface area contributed by atoms with Gasteiger partial charge in [-0.2, -0.15) is 5.26 Å². The predicted molar refractivity (Wildman–Crippen MR) is 93.5 cm³/mol. The molecule has 0 atom stereocenters. The third-order valence-corrected chi connectivity index (χ3v) is 4.49. The molecule has 1 aliphatic carbocycles. The van der Waals surface area contributed by atoms with Crippen LogP contribution in [0.3, 0.4) is 0 Å². The molecular weight excluding hydrogens is 302 g/mol. The van der Waals surface area contributed by atoms with Gasteiger partial charge in [0.1, 0.15) is 0 Å². The molecule has 1 aliphatic rings. The van der Waals surface area contributed by atoms with Crippen molar-refractivity contribution in [2.24, 2.45) is 5.92 Å². The molecule has 1 saturated carbocycles. The fourth-order valence-electron chi connectivity index (χ4n) is 2.72. The Hall–Kier alpha value is -2.61. The molecule has 0 saturated heterocycles. The van der Waals surface area contributed by atoms with E-state index in [0.717, 1.165) is 19.4 Å². The zero-order chi connectivity index (χ0) is 17.5. The number of hydrogen-bond donors (Lipinski definition) is 0. The Balaban J connectivity index is 2.09. The van der Waals surface area contributed by atoms with Crippen LogP contribution in [-0.4, -0.2) is 36.9 Å². The second kappa shape index (κ2) is 8.30. The van der Waals surface area contributed by atoms with Crippen molar-refractivity contribution < 1.29 is 9.59 Å². The van der Waals surface area contributed by atoms with Crippen molar-refractivity contribution in [3.63, 3.8) is 0 Å². The largest absolute Gasteiger partial charge is 0.337 e. The first-order valence-corrected chi connectivity index (χ1v) is 8.23. The van der Waals surface area contributed by atoms with Gasteiger partial charge in [-0.1, -0.05) is 13.0 Å². The zero-order valence-electron chi connectivity index (χ0n) is 14.1. The SMILES string of the molecule is C=CC(=O)N(C)c1ccc(C(=O)N(CCC#N)CC2CCC2)cc1. The van der Waals surface area contributed by atoms with Gasteiger partial charge in [0.05, 0.1) is 12.5 Å². The zero-order valence-corrected chi connectivity index (χ0v) is 14.1. The minimum Gasteiger partial charge on any atom is -0.337 e. The summed E-state index contributed by atoms with van der Waals surface area (Å²) in [7, 11) is 1.66. The van der Waals surface area contributed by atoms with Crippen LogP contribution in [0.5, 0.6) is 0 Å². The average Bonchev–Trinajstić information content (AvgIpc) is 2.58. The van der Waals surface area contributed by atoms with Gasteiger partial charge in [-0.05, 0) is 49.1 Å². The van der Waals surface area contributed by atoms with Gasteiger partial charge in [-0.3, -0.25) is 9.59 Å². The first kappa shape index (κ1) is 17.7. The number of rotatable bonds is 7. The topological polar surface area (TPSA) is 64.4 Å². The lowest BCUT2D eigenvalue weighted by molar-refractivity contribution is -0.113. The molecule has 2 amide bonds. The lowest BCUT2D eigenvalue weighted by Gasteiger charge is -2.32. The molecule has 0 aliphatic heterocycles. The Morgan fingerprint density at radius 2 is 2.00 bits per heavy atom. The predicted octanol–water partition coefficient (Wildman–Crippen LogP) is 2.99. The molecule has 0 unspecified atom stereocenters. The van der Waals surface area contributed by atoms with Crippen LogP contribution in [0.15, 0.2) is 36.9 Å². The van der Waals surface area contributed by atoms with Crippen LogP contribution in [0.2, 0.25) is 0 Å². The van der Waals surface area contributed by atoms with Crippen molar-refractivity contribution in [1.29, 1.82) is 5.26 Å². The number of likely N-dealkylation sites (N-methyl/N-ethyl adjacent to an activating group) is 1. The van der Waals surface area contributed by atoms with E-state index in [0.29, 0.717) is 30.1 Å². The van der Waals surface area contributed by atoms with Crippen LogP contribution in [-0.2, 0) is 4.79 Å². The van der Waals surface area contributed by atoms with Crippen molar-refractivity contribution in [2.45, 2.75) is 25.7 Å². The van der Waals surface area contributed by atoms with E-state index < -0.39 is 0 Å². The third-order valence-electron chi connectivity index (χ3n) is 4.49. The van der Waals surface area contributed by atoms with Gasteiger partial charge < -0.3 is 9.80 Å². The fourth-order valence-corrected chi connectivity index (χ4v) is 2.72. The van der Waals surface area contributed by atoms with Crippen molar-refractivity contribution in [1.82, 2.24) is 4.90 Å². The molecule has 0 N–H and O–H groups in total. The summed E-state index contributed by atoms with van der Waals surface area (Å²) in [5.41, 5.74) is 1.29. The minimum atomic E-state index is -0.199. The molecular formula is C19H23N3O2. The van der Waals surface area contributed by atoms with E-state index in [-0.39, 0.29) is 11.8 Å². The Bertz CT molecular complexity index is 642. The van der Waals surface area contributed by atoms with Gasteiger partial charge >= 0.3 is 0 Å². The fraction of sp³-hybridized carbons (Fsp3) is 0.421. The normalized spacial score (nSPS) is 13.5. The average molecular weight is 325 g/mol. The van der Waals surface area contributed by atoms with E-state index in [9.17, 15) is 9.59 Å². The van der Waals surface area contributed by atoms with Gasteiger partial charge in [0, 0.05) is 31.4 Å². The van der Waals surface area contributed by atoms with Crippen LogP contribution in [0.4, 0.5) is 5.69 Å². The molecule has 0 heterocycles. The second-order valence-corrected chi connectivity index (χ2v) is 6.10. The maximum absolute atomic E-state index is 12.7. The van der Waals surface area contributed by atoms with Gasteiger partial charge in [0.15, 0.2) is 0 Å². The van der Waals surface area contributed by atoms with Crippen LogP contribution < -0.4 is 4.90 Å². The number of carbonyl (C=O) groups is 2. The summed E-state index contributed by atoms with van der Waals surface area (Å²) in [5, 5.41) is 8.81. The summed E-state index contributed by atoms with van der Waals surface area (Å²) in [4.78, 5) is 27.6. The monoisotopic (exact) mass is 325 g/mol. The lowest BCUT2D eigenvalue weighted by atomic mass is 9.85. The number of anilines is 1. The lowest BCUT2D eigenvalue weighted by Crippen LogP contribution is -2.38. The highest BCUT2D eigenvalue weighted by molar-refractivity contribution is 6.01. The van der Waals surface area contributed by atoms with E-state index in [1.54, 1.807) is 36.2 Å². The highest BCUT2D eigenvalue weighted by Crippen LogP contribution is 2.27. The maximum atomic E-state index is 12.7. The minimum absolute atomic E-state index is 0.0543. The van der Waals surface area contributed by atoms with Crippen molar-refractivity contribution in [3.8, 4) is 6.07 Å². The van der Waals surface area contributed by atoms with Gasteiger partial charge in [0.25, 0.3) is 5.91 Å². The molecule has 1 fully saturated rings. The summed E-state index contributed by atoms with van der Waals surface area (Å²) in [6, 6.07) is 9.06. The Kier molecular flexibility index (Phi) is 6.14. The first-order valence-electron chi connectivity index (χ1n) is 8.23. The molecule has 5 nitrogen and oxygen atoms in total. The molecule has 5 heteroatoms. The van der Waals surface area contributed by atoms with E-state index in [2.05, 4.69) is 12.6 Å². The Morgan fingerprint density at radius 1 is 1.33 bits per heavy atom. The Morgan fingerprint density at radius 3 is 2.50 bits per heavy atom. The summed E-state index contributed by atoms with van der Waals surface area (Å²) >= 11 is 0. The molecule has 1 aromatic carbocycles. The highest BCUT2D eigenvalue weighted by atomic mass is 16.2. The molecule has 24 heavy (non-hydrogen) atoms. The van der Waals surface area contributed by atoms with Crippen LogP contribution >= 0.6 is 0 Å². The molecule has 126 valence electrons. The van der Waals surface area contributed by atoms with Crippen LogP contribution in [0.1, 0.15) is 36.0 Å². The summed E-state index contributed by atoms with van der Waals surface area (Å²) in [6.45, 7) is 4.65. The van der Waals surface area contributed by atoms with E-state index in [1.807, 2.05) is 0 Å². The third kappa shape index (κ3) is 4.23. The van der Waals surface area contributed by atoms with E-state index in [4.69, 9.17) is 5.26 Å². The summed E-state index contributed by atoms with van der Waals surface area (Å²) in [6.07, 6.45) is 5.13. The number of nitrogens with zero attached hydrogens (tertiary/aromatic N) is 3. The van der Waals surface area contributed by atoms with Crippen LogP contribution in [0.25, 0.3) is 0 Å². The molecule has 2 rings (SSSR count). The van der Waals surface area contributed by atoms with E-state index >= 15 is 0 Å². The summed E-state index contributed by atoms with van der Waals surface area (Å²) < 4.78 is 0. The quantitative estimate of drug-likeness (QED) is 0.724. The molecule has 0 aromatic heterocycles. The molecule has 0 radical (unpaired) electrons. The number of hydrogen-bond acceptors (Lipinski definition) is 3. The summed E-state index contributed by atoms with van der Waals surface area (Å²) in [5.74, 6) is 0.305. The van der Waals surface area contributed by atoms with Crippen molar-refractivity contribution in [3.05, 3.63) is 42.5 Å². The van der Waals surface area contributed by atoms with Crippen molar-refractivity contribution >= 4 is 17.5 Å². The number of carbonyl (C=O) groups excluding carboxylic acids is 2. The van der Waals surface area contributed by atoms with Gasteiger partial charge in [0.2, 0.25) is 5.91 Å². The smallest absolute Gasteiger partial charge is 0.253 e. The first-order chi connectivity index (χ1) is 11.6. The van der Waals surface area contributed by atoms with Crippen LogP contribution in [0, 0.1) is 17.2 Å². The number of nitriles is 1. The number of benzene rings is 1. The second-order valence-electron chi connectivity index (χ2n) is 6.10. The molecule has 0 spiro atoms. The molecule has 0 bridgehead atoms. The Labute approximate surface area is 143 Å².